The van der Waals surface area contributed by atoms with Crippen LogP contribution in [0.2, 0.25) is 0 Å². The molecule has 1 fully saturated rings. The standard InChI is InChI=1S/C18H18F3N3O/c19-18(20,21)14-9-12(11-24-6-1-2-7-24)8-13(10-14)16-15(17(22)25)4-3-5-23-16/h3-5,8-10H,1-2,6-7,11H2,(H2,22,25). The lowest BCUT2D eigenvalue weighted by Crippen LogP contribution is -2.19. The summed E-state index contributed by atoms with van der Waals surface area (Å²) < 4.78 is 39.9. The molecule has 0 spiro atoms. The summed E-state index contributed by atoms with van der Waals surface area (Å²) in [5, 5.41) is 0. The fourth-order valence-electron chi connectivity index (χ4n) is 3.12. The fraction of sp³-hybridized carbons (Fsp3) is 0.333. The number of nitrogens with two attached hydrogens (primary N) is 1. The summed E-state index contributed by atoms with van der Waals surface area (Å²) >= 11 is 0. The van der Waals surface area contributed by atoms with Crippen molar-refractivity contribution in [1.82, 2.24) is 9.88 Å². The van der Waals surface area contributed by atoms with Gasteiger partial charge in [0.2, 0.25) is 0 Å². The van der Waals surface area contributed by atoms with Crippen LogP contribution in [-0.2, 0) is 12.7 Å². The summed E-state index contributed by atoms with van der Waals surface area (Å²) in [6.07, 6.45) is -0.935. The summed E-state index contributed by atoms with van der Waals surface area (Å²) in [6, 6.07) is 6.83. The number of halogens is 3. The van der Waals surface area contributed by atoms with Crippen LogP contribution in [-0.4, -0.2) is 28.9 Å². The molecule has 0 aliphatic carbocycles. The fourth-order valence-corrected chi connectivity index (χ4v) is 3.12. The molecule has 1 aliphatic heterocycles. The number of hydrogen-bond donors (Lipinski definition) is 1. The summed E-state index contributed by atoms with van der Waals surface area (Å²) in [5.41, 5.74) is 5.66. The Labute approximate surface area is 143 Å². The number of likely N-dealkylation sites (tertiary alicyclic amines) is 1. The van der Waals surface area contributed by atoms with Crippen molar-refractivity contribution in [2.75, 3.05) is 13.1 Å². The highest BCUT2D eigenvalue weighted by Gasteiger charge is 2.32. The van der Waals surface area contributed by atoms with Crippen molar-refractivity contribution in [2.24, 2.45) is 5.73 Å². The van der Waals surface area contributed by atoms with E-state index < -0.39 is 17.6 Å². The predicted molar refractivity (Wildman–Crippen MR) is 87.7 cm³/mol. The second-order valence-electron chi connectivity index (χ2n) is 6.16. The molecule has 1 aromatic carbocycles. The van der Waals surface area contributed by atoms with Gasteiger partial charge in [0.1, 0.15) is 0 Å². The second kappa shape index (κ2) is 6.84. The van der Waals surface area contributed by atoms with Crippen LogP contribution in [0.1, 0.15) is 34.3 Å². The number of rotatable bonds is 4. The Morgan fingerprint density at radius 3 is 2.56 bits per heavy atom. The van der Waals surface area contributed by atoms with E-state index in [0.29, 0.717) is 12.1 Å². The van der Waals surface area contributed by atoms with E-state index in [1.165, 1.54) is 18.3 Å². The van der Waals surface area contributed by atoms with Gasteiger partial charge in [-0.15, -0.1) is 0 Å². The van der Waals surface area contributed by atoms with Gasteiger partial charge in [0, 0.05) is 18.3 Å². The van der Waals surface area contributed by atoms with Crippen LogP contribution >= 0.6 is 0 Å². The molecule has 0 bridgehead atoms. The number of aromatic nitrogens is 1. The highest BCUT2D eigenvalue weighted by Crippen LogP contribution is 2.34. The van der Waals surface area contributed by atoms with E-state index in [2.05, 4.69) is 9.88 Å². The highest BCUT2D eigenvalue weighted by molar-refractivity contribution is 5.98. The Balaban J connectivity index is 2.08. The number of primary amides is 1. The van der Waals surface area contributed by atoms with Gasteiger partial charge in [-0.1, -0.05) is 0 Å². The quantitative estimate of drug-likeness (QED) is 0.920. The van der Waals surface area contributed by atoms with Gasteiger partial charge in [0.25, 0.3) is 5.91 Å². The van der Waals surface area contributed by atoms with Crippen LogP contribution in [0.5, 0.6) is 0 Å². The molecule has 132 valence electrons. The molecule has 2 aromatic rings. The van der Waals surface area contributed by atoms with Crippen molar-refractivity contribution < 1.29 is 18.0 Å². The highest BCUT2D eigenvalue weighted by atomic mass is 19.4. The van der Waals surface area contributed by atoms with Crippen LogP contribution in [0.3, 0.4) is 0 Å². The smallest absolute Gasteiger partial charge is 0.366 e. The van der Waals surface area contributed by atoms with Gasteiger partial charge in [-0.2, -0.15) is 13.2 Å². The number of benzene rings is 1. The van der Waals surface area contributed by atoms with Gasteiger partial charge in [-0.3, -0.25) is 14.7 Å². The number of pyridine rings is 1. The first-order valence-corrected chi connectivity index (χ1v) is 8.03. The predicted octanol–water partition coefficient (Wildman–Crippen LogP) is 3.46. The number of nitrogens with zero attached hydrogens (tertiary/aromatic N) is 2. The van der Waals surface area contributed by atoms with E-state index in [1.807, 2.05) is 0 Å². The average molecular weight is 349 g/mol. The van der Waals surface area contributed by atoms with Crippen molar-refractivity contribution in [2.45, 2.75) is 25.6 Å². The molecule has 1 aliphatic rings. The van der Waals surface area contributed by atoms with Crippen molar-refractivity contribution in [1.29, 1.82) is 0 Å². The molecule has 0 saturated carbocycles. The molecule has 7 heteroatoms. The van der Waals surface area contributed by atoms with Gasteiger partial charge in [0.05, 0.1) is 16.8 Å². The van der Waals surface area contributed by atoms with Crippen molar-refractivity contribution in [3.63, 3.8) is 0 Å². The Morgan fingerprint density at radius 1 is 1.20 bits per heavy atom. The zero-order valence-electron chi connectivity index (χ0n) is 13.5. The van der Waals surface area contributed by atoms with Gasteiger partial charge in [-0.25, -0.2) is 0 Å². The summed E-state index contributed by atoms with van der Waals surface area (Å²) in [5.74, 6) is -0.721. The third kappa shape index (κ3) is 3.99. The van der Waals surface area contributed by atoms with Gasteiger partial charge >= 0.3 is 6.18 Å². The number of carbonyl (C=O) groups is 1. The molecular formula is C18H18F3N3O. The molecule has 0 unspecified atom stereocenters. The Hall–Kier alpha value is -2.41. The lowest BCUT2D eigenvalue weighted by atomic mass is 9.99. The maximum Gasteiger partial charge on any atom is 0.416 e. The maximum atomic E-state index is 13.3. The molecule has 4 nitrogen and oxygen atoms in total. The number of alkyl halides is 3. The van der Waals surface area contributed by atoms with E-state index >= 15 is 0 Å². The van der Waals surface area contributed by atoms with Crippen LogP contribution in [0.25, 0.3) is 11.3 Å². The lowest BCUT2D eigenvalue weighted by molar-refractivity contribution is -0.137. The van der Waals surface area contributed by atoms with Crippen LogP contribution in [0.4, 0.5) is 13.2 Å². The van der Waals surface area contributed by atoms with Crippen molar-refractivity contribution >= 4 is 5.91 Å². The lowest BCUT2D eigenvalue weighted by Gasteiger charge is -2.18. The third-order valence-electron chi connectivity index (χ3n) is 4.27. The SMILES string of the molecule is NC(=O)c1cccnc1-c1cc(CN2CCCC2)cc(C(F)(F)F)c1. The van der Waals surface area contributed by atoms with Gasteiger partial charge in [-0.05, 0) is 61.8 Å². The normalized spacial score (nSPS) is 15.5. The van der Waals surface area contributed by atoms with Gasteiger partial charge < -0.3 is 5.73 Å². The van der Waals surface area contributed by atoms with Crippen molar-refractivity contribution in [3.8, 4) is 11.3 Å². The average Bonchev–Trinajstić information content (AvgIpc) is 3.06. The minimum Gasteiger partial charge on any atom is -0.366 e. The molecule has 25 heavy (non-hydrogen) atoms. The Kier molecular flexibility index (Phi) is 4.76. The largest absolute Gasteiger partial charge is 0.416 e. The Morgan fingerprint density at radius 2 is 1.92 bits per heavy atom. The minimum absolute atomic E-state index is 0.106. The van der Waals surface area contributed by atoms with E-state index in [0.717, 1.165) is 38.1 Å². The first kappa shape index (κ1) is 17.4. The summed E-state index contributed by atoms with van der Waals surface area (Å²) in [4.78, 5) is 17.8. The molecule has 0 atom stereocenters. The monoisotopic (exact) mass is 349 g/mol. The van der Waals surface area contributed by atoms with E-state index in [9.17, 15) is 18.0 Å². The first-order chi connectivity index (χ1) is 11.8. The molecule has 1 aromatic heterocycles. The molecule has 3 rings (SSSR count). The molecule has 1 amide bonds. The zero-order valence-corrected chi connectivity index (χ0v) is 13.5. The third-order valence-corrected chi connectivity index (χ3v) is 4.27. The van der Waals surface area contributed by atoms with Crippen LogP contribution in [0.15, 0.2) is 36.5 Å². The topological polar surface area (TPSA) is 59.2 Å². The van der Waals surface area contributed by atoms with Crippen LogP contribution < -0.4 is 5.73 Å². The van der Waals surface area contributed by atoms with Crippen molar-refractivity contribution in [3.05, 3.63) is 53.2 Å². The van der Waals surface area contributed by atoms with Gasteiger partial charge in [0.15, 0.2) is 0 Å². The summed E-state index contributed by atoms with van der Waals surface area (Å²) in [6.45, 7) is 2.19. The maximum absolute atomic E-state index is 13.3. The molecular weight excluding hydrogens is 331 g/mol. The summed E-state index contributed by atoms with van der Waals surface area (Å²) in [7, 11) is 0. The second-order valence-corrected chi connectivity index (χ2v) is 6.16. The van der Waals surface area contributed by atoms with E-state index in [1.54, 1.807) is 6.07 Å². The van der Waals surface area contributed by atoms with Crippen LogP contribution in [0, 0.1) is 0 Å². The zero-order chi connectivity index (χ0) is 18.0. The van der Waals surface area contributed by atoms with E-state index in [-0.39, 0.29) is 16.8 Å². The number of hydrogen-bond acceptors (Lipinski definition) is 3. The molecule has 2 heterocycles. The number of carbonyl (C=O) groups excluding carboxylic acids is 1. The number of amides is 1. The Bertz CT molecular complexity index is 783. The van der Waals surface area contributed by atoms with E-state index in [4.69, 9.17) is 5.73 Å². The minimum atomic E-state index is -4.47. The molecule has 0 radical (unpaired) electrons. The molecule has 1 saturated heterocycles. The molecule has 2 N–H and O–H groups in total. The first-order valence-electron chi connectivity index (χ1n) is 8.03.